The summed E-state index contributed by atoms with van der Waals surface area (Å²) >= 11 is 0. The number of rotatable bonds is 12. The van der Waals surface area contributed by atoms with Gasteiger partial charge in [-0.05, 0) is 87.3 Å². The molecule has 1 fully saturated rings. The van der Waals surface area contributed by atoms with Gasteiger partial charge in [0.05, 0.1) is 30.3 Å². The van der Waals surface area contributed by atoms with Gasteiger partial charge < -0.3 is 28.5 Å². The van der Waals surface area contributed by atoms with E-state index in [1.165, 1.54) is 0 Å². The predicted octanol–water partition coefficient (Wildman–Crippen LogP) is 9.51. The Morgan fingerprint density at radius 2 is 1.67 bits per heavy atom. The molecule has 9 heteroatoms. The molecule has 0 spiro atoms. The Morgan fingerprint density at radius 3 is 2.22 bits per heavy atom. The highest BCUT2D eigenvalue weighted by Gasteiger charge is 2.48. The smallest absolute Gasteiger partial charge is 0.308 e. The molecule has 1 saturated heterocycles. The van der Waals surface area contributed by atoms with Crippen LogP contribution in [0, 0.1) is 17.8 Å². The van der Waals surface area contributed by atoms with Crippen molar-refractivity contribution >= 4 is 22.6 Å². The fraction of sp³-hybridized carbons (Fsp3) is 0.825. The summed E-state index contributed by atoms with van der Waals surface area (Å²) in [5, 5.41) is 22.2. The first kappa shape index (κ1) is 44.1. The molecule has 0 bridgehead atoms. The lowest BCUT2D eigenvalue weighted by molar-refractivity contribution is -0.151. The molecule has 10 atom stereocenters. The Labute approximate surface area is 302 Å². The number of hydrogen-bond acceptors (Lipinski definition) is 7. The van der Waals surface area contributed by atoms with E-state index >= 15 is 0 Å². The van der Waals surface area contributed by atoms with Gasteiger partial charge in [0.2, 0.25) is 0 Å². The van der Waals surface area contributed by atoms with Crippen LogP contribution in [0.3, 0.4) is 0 Å². The third-order valence-corrected chi connectivity index (χ3v) is 20.9. The van der Waals surface area contributed by atoms with Crippen molar-refractivity contribution in [3.63, 3.8) is 0 Å². The monoisotopic (exact) mass is 722 g/mol. The summed E-state index contributed by atoms with van der Waals surface area (Å²) in [5.74, 6) is 0.142. The number of ether oxygens (including phenoxy) is 2. The van der Waals surface area contributed by atoms with Gasteiger partial charge in [0.25, 0.3) is 0 Å². The fourth-order valence-corrected chi connectivity index (χ4v) is 8.93. The summed E-state index contributed by atoms with van der Waals surface area (Å²) in [7, 11) is -4.06. The molecule has 2 aliphatic heterocycles. The van der Waals surface area contributed by atoms with E-state index in [9.17, 15) is 15.0 Å². The zero-order valence-corrected chi connectivity index (χ0v) is 36.1. The quantitative estimate of drug-likeness (QED) is 0.0681. The van der Waals surface area contributed by atoms with Gasteiger partial charge in [-0.15, -0.1) is 0 Å². The molecule has 2 rings (SSSR count). The molecule has 49 heavy (non-hydrogen) atoms. The zero-order chi connectivity index (χ0) is 37.8. The third-order valence-electron chi connectivity index (χ3n) is 11.8. The van der Waals surface area contributed by atoms with Gasteiger partial charge in [0.15, 0.2) is 16.6 Å². The minimum absolute atomic E-state index is 0.0347. The van der Waals surface area contributed by atoms with E-state index < -0.39 is 40.5 Å². The fourth-order valence-electron chi connectivity index (χ4n) is 6.05. The Balaban J connectivity index is 2.14. The second-order valence-corrected chi connectivity index (χ2v) is 28.0. The normalized spacial score (nSPS) is 32.5. The molecule has 2 N–H and O–H groups in total. The van der Waals surface area contributed by atoms with Crippen molar-refractivity contribution in [2.45, 2.75) is 194 Å². The first-order chi connectivity index (χ1) is 22.2. The van der Waals surface area contributed by atoms with Crippen molar-refractivity contribution in [2.75, 3.05) is 0 Å². The van der Waals surface area contributed by atoms with E-state index in [2.05, 4.69) is 101 Å². The molecule has 7 nitrogen and oxygen atoms in total. The van der Waals surface area contributed by atoms with Gasteiger partial charge >= 0.3 is 5.97 Å². The molecule has 0 aromatic heterocycles. The van der Waals surface area contributed by atoms with Crippen LogP contribution in [0.2, 0.25) is 36.3 Å². The van der Waals surface area contributed by atoms with E-state index in [-0.39, 0.29) is 46.7 Å². The Bertz CT molecular complexity index is 1160. The summed E-state index contributed by atoms with van der Waals surface area (Å²) in [4.78, 5) is 13.4. The van der Waals surface area contributed by atoms with Gasteiger partial charge in [0.1, 0.15) is 12.2 Å². The highest BCUT2D eigenvalue weighted by atomic mass is 28.4. The topological polar surface area (TPSA) is 97.8 Å². The molecule has 0 aromatic carbocycles. The van der Waals surface area contributed by atoms with Crippen molar-refractivity contribution in [1.29, 1.82) is 0 Å². The maximum atomic E-state index is 13.4. The first-order valence-corrected chi connectivity index (χ1v) is 24.7. The van der Waals surface area contributed by atoms with Crippen molar-refractivity contribution < 1.29 is 33.3 Å². The van der Waals surface area contributed by atoms with Crippen LogP contribution in [0.15, 0.2) is 36.0 Å². The Hall–Kier alpha value is -1.08. The van der Waals surface area contributed by atoms with E-state index in [1.54, 1.807) is 13.0 Å². The van der Waals surface area contributed by atoms with Crippen LogP contribution in [0.4, 0.5) is 0 Å². The lowest BCUT2D eigenvalue weighted by atomic mass is 9.89. The van der Waals surface area contributed by atoms with Gasteiger partial charge in [-0.3, -0.25) is 4.79 Å². The van der Waals surface area contributed by atoms with E-state index in [0.29, 0.717) is 24.7 Å². The van der Waals surface area contributed by atoms with Gasteiger partial charge in [-0.25, -0.2) is 0 Å². The molecular weight excluding hydrogens is 649 g/mol. The first-order valence-electron chi connectivity index (χ1n) is 18.9. The van der Waals surface area contributed by atoms with Crippen LogP contribution < -0.4 is 0 Å². The van der Waals surface area contributed by atoms with Gasteiger partial charge in [0, 0.05) is 17.9 Å². The highest BCUT2D eigenvalue weighted by Crippen LogP contribution is 2.42. The van der Waals surface area contributed by atoms with E-state index in [4.69, 9.17) is 18.3 Å². The SMILES string of the molecule is CCC(O[Si](C)(C)C(C)(C)C)C(C)C1OC1CC(C)/C=C/C=C(\C)C1OC(=O)CC(O[Si](C)(C)C(C)(C)C)CCC(C)(O)C(O)/C=C\C1C. The van der Waals surface area contributed by atoms with Crippen LogP contribution in [0.1, 0.15) is 115 Å². The number of cyclic esters (lactones) is 1. The minimum atomic E-state index is -2.20. The number of aliphatic hydroxyl groups is 2. The number of carbonyl (C=O) groups excluding carboxylic acids is 1. The predicted molar refractivity (Wildman–Crippen MR) is 208 cm³/mol. The number of epoxide rings is 1. The molecule has 10 unspecified atom stereocenters. The Kier molecular flexibility index (Phi) is 15.4. The van der Waals surface area contributed by atoms with Crippen molar-refractivity contribution in [2.24, 2.45) is 17.8 Å². The van der Waals surface area contributed by atoms with Crippen LogP contribution in [-0.4, -0.2) is 75.0 Å². The molecule has 284 valence electrons. The lowest BCUT2D eigenvalue weighted by Gasteiger charge is -2.40. The van der Waals surface area contributed by atoms with Crippen molar-refractivity contribution in [3.05, 3.63) is 36.0 Å². The summed E-state index contributed by atoms with van der Waals surface area (Å²) in [6.45, 7) is 34.7. The average Bonchev–Trinajstić information content (AvgIpc) is 3.72. The lowest BCUT2D eigenvalue weighted by Crippen LogP contribution is -2.46. The number of esters is 1. The Morgan fingerprint density at radius 1 is 1.08 bits per heavy atom. The zero-order valence-electron chi connectivity index (χ0n) is 34.1. The molecule has 0 radical (unpaired) electrons. The van der Waals surface area contributed by atoms with Crippen molar-refractivity contribution in [1.82, 2.24) is 0 Å². The van der Waals surface area contributed by atoms with Crippen LogP contribution in [-0.2, 0) is 23.1 Å². The summed E-state index contributed by atoms with van der Waals surface area (Å²) in [6, 6.07) is 0. The molecule has 0 saturated carbocycles. The minimum Gasteiger partial charge on any atom is -0.457 e. The maximum absolute atomic E-state index is 13.4. The summed E-state index contributed by atoms with van der Waals surface area (Å²) in [5.41, 5.74) is -0.429. The highest BCUT2D eigenvalue weighted by molar-refractivity contribution is 6.74. The van der Waals surface area contributed by atoms with Gasteiger partial charge in [-0.2, -0.15) is 0 Å². The number of aliphatic hydroxyl groups excluding tert-OH is 1. The molecular formula is C40H74O7Si2. The molecule has 0 amide bonds. The number of allylic oxidation sites excluding steroid dienone is 3. The van der Waals surface area contributed by atoms with Crippen molar-refractivity contribution in [3.8, 4) is 0 Å². The maximum Gasteiger partial charge on any atom is 0.308 e. The second-order valence-electron chi connectivity index (χ2n) is 18.5. The molecule has 2 heterocycles. The van der Waals surface area contributed by atoms with Crippen LogP contribution in [0.25, 0.3) is 0 Å². The number of hydrogen-bond donors (Lipinski definition) is 2. The largest absolute Gasteiger partial charge is 0.457 e. The molecule has 2 aliphatic rings. The average molecular weight is 723 g/mol. The van der Waals surface area contributed by atoms with Crippen LogP contribution in [0.5, 0.6) is 0 Å². The second kappa shape index (κ2) is 17.2. The third kappa shape index (κ3) is 12.8. The summed E-state index contributed by atoms with van der Waals surface area (Å²) in [6.07, 6.45) is 11.2. The van der Waals surface area contributed by atoms with Crippen LogP contribution >= 0.6 is 0 Å². The van der Waals surface area contributed by atoms with E-state index in [0.717, 1.165) is 18.4 Å². The standard InChI is InChI=1S/C40H74O7Si2/c1-17-32(47-49(15,16)39(9,10)11)30(5)37-33(44-37)25-27(2)19-18-20-28(3)36-29(4)21-22-34(41)40(12,43)24-23-31(26-35(42)45-36)46-48(13,14)38(6,7)8/h18-22,27,29-34,36-37,41,43H,17,23-26H2,1-16H3/b19-18+,22-21-,28-20+. The molecule has 0 aromatic rings. The van der Waals surface area contributed by atoms with E-state index in [1.807, 2.05) is 26.0 Å². The molecule has 0 aliphatic carbocycles. The number of carbonyl (C=O) groups is 1. The van der Waals surface area contributed by atoms with Gasteiger partial charge in [-0.1, -0.05) is 99.6 Å². The summed E-state index contributed by atoms with van der Waals surface area (Å²) < 4.78 is 25.8.